The van der Waals surface area contributed by atoms with Crippen molar-refractivity contribution in [3.63, 3.8) is 0 Å². The monoisotopic (exact) mass is 307 g/mol. The smallest absolute Gasteiger partial charge is 0.331 e. The van der Waals surface area contributed by atoms with Gasteiger partial charge in [0.15, 0.2) is 6.04 Å². The van der Waals surface area contributed by atoms with Gasteiger partial charge in [0.1, 0.15) is 0 Å². The zero-order chi connectivity index (χ0) is 15.4. The average Bonchev–Trinajstić information content (AvgIpc) is 2.93. The minimum absolute atomic E-state index is 0.0194. The normalized spacial score (nSPS) is 11.7. The van der Waals surface area contributed by atoms with E-state index in [4.69, 9.17) is 5.11 Å². The molecule has 8 nitrogen and oxygen atoms in total. The van der Waals surface area contributed by atoms with E-state index >= 15 is 0 Å². The van der Waals surface area contributed by atoms with Crippen molar-refractivity contribution in [3.05, 3.63) is 33.8 Å². The second-order valence-corrected chi connectivity index (χ2v) is 5.17. The molecule has 0 fully saturated rings. The molecule has 2 amide bonds. The van der Waals surface area contributed by atoms with Gasteiger partial charge in [0.25, 0.3) is 5.95 Å². The summed E-state index contributed by atoms with van der Waals surface area (Å²) in [6, 6.07) is 1.52. The lowest BCUT2D eigenvalue weighted by Gasteiger charge is -2.13. The minimum atomic E-state index is -1.15. The SMILES string of the molecule is Cc1nnc(NC(=O)NC(C(=O)O)c2cccs2)nc1C. The fourth-order valence-electron chi connectivity index (χ4n) is 1.49. The van der Waals surface area contributed by atoms with Crippen LogP contribution in [0.15, 0.2) is 17.5 Å². The number of hydrogen-bond acceptors (Lipinski definition) is 6. The lowest BCUT2D eigenvalue weighted by molar-refractivity contribution is -0.139. The molecule has 1 atom stereocenters. The van der Waals surface area contributed by atoms with Crippen LogP contribution in [0.3, 0.4) is 0 Å². The Morgan fingerprint density at radius 1 is 1.29 bits per heavy atom. The predicted molar refractivity (Wildman–Crippen MR) is 76.2 cm³/mol. The number of aromatic nitrogens is 3. The number of urea groups is 1. The van der Waals surface area contributed by atoms with Crippen LogP contribution in [0.4, 0.5) is 10.7 Å². The largest absolute Gasteiger partial charge is 0.479 e. The molecule has 0 saturated carbocycles. The number of aryl methyl sites for hydroxylation is 2. The van der Waals surface area contributed by atoms with E-state index in [-0.39, 0.29) is 5.95 Å². The number of nitrogens with zero attached hydrogens (tertiary/aromatic N) is 3. The Bertz CT molecular complexity index is 659. The number of carbonyl (C=O) groups is 2. The number of amides is 2. The highest BCUT2D eigenvalue weighted by atomic mass is 32.1. The van der Waals surface area contributed by atoms with Gasteiger partial charge in [0.05, 0.1) is 11.4 Å². The van der Waals surface area contributed by atoms with Crippen LogP contribution in [-0.2, 0) is 4.79 Å². The number of carbonyl (C=O) groups excluding carboxylic acids is 1. The summed E-state index contributed by atoms with van der Waals surface area (Å²) in [5.74, 6) is -1.13. The van der Waals surface area contributed by atoms with Crippen molar-refractivity contribution in [2.75, 3.05) is 5.32 Å². The summed E-state index contributed by atoms with van der Waals surface area (Å²) in [6.07, 6.45) is 0. The Kier molecular flexibility index (Phi) is 4.43. The zero-order valence-electron chi connectivity index (χ0n) is 11.3. The standard InChI is InChI=1S/C12H13N5O3S/c1-6-7(2)16-17-11(13-6)15-12(20)14-9(10(18)19)8-4-3-5-21-8/h3-5,9H,1-2H3,(H,18,19)(H2,13,14,15,17,20). The van der Waals surface area contributed by atoms with Gasteiger partial charge in [-0.05, 0) is 25.3 Å². The van der Waals surface area contributed by atoms with Crippen LogP contribution in [-0.4, -0.2) is 32.3 Å². The van der Waals surface area contributed by atoms with E-state index < -0.39 is 18.0 Å². The fraction of sp³-hybridized carbons (Fsp3) is 0.250. The van der Waals surface area contributed by atoms with Crippen LogP contribution in [0.25, 0.3) is 0 Å². The topological polar surface area (TPSA) is 117 Å². The maximum Gasteiger partial charge on any atom is 0.331 e. The maximum absolute atomic E-state index is 11.8. The number of hydrogen-bond donors (Lipinski definition) is 3. The second kappa shape index (κ2) is 6.27. The summed E-state index contributed by atoms with van der Waals surface area (Å²) in [6.45, 7) is 3.48. The predicted octanol–water partition coefficient (Wildman–Crippen LogP) is 1.50. The van der Waals surface area contributed by atoms with E-state index in [2.05, 4.69) is 25.8 Å². The minimum Gasteiger partial charge on any atom is -0.479 e. The van der Waals surface area contributed by atoms with Crippen LogP contribution in [0.5, 0.6) is 0 Å². The van der Waals surface area contributed by atoms with Gasteiger partial charge in [0, 0.05) is 4.88 Å². The van der Waals surface area contributed by atoms with Gasteiger partial charge in [-0.3, -0.25) is 5.32 Å². The molecule has 110 valence electrons. The van der Waals surface area contributed by atoms with Crippen molar-refractivity contribution in [2.45, 2.75) is 19.9 Å². The second-order valence-electron chi connectivity index (χ2n) is 4.19. The zero-order valence-corrected chi connectivity index (χ0v) is 12.1. The van der Waals surface area contributed by atoms with Gasteiger partial charge in [-0.2, -0.15) is 5.10 Å². The van der Waals surface area contributed by atoms with E-state index in [1.54, 1.807) is 31.4 Å². The van der Waals surface area contributed by atoms with Crippen molar-refractivity contribution in [1.82, 2.24) is 20.5 Å². The number of carboxylic acid groups (broad SMARTS) is 1. The molecule has 0 radical (unpaired) electrons. The van der Waals surface area contributed by atoms with Crippen molar-refractivity contribution in [2.24, 2.45) is 0 Å². The molecule has 2 rings (SSSR count). The number of aliphatic carboxylic acids is 1. The Labute approximate surface area is 124 Å². The van der Waals surface area contributed by atoms with Crippen LogP contribution < -0.4 is 10.6 Å². The fourth-order valence-corrected chi connectivity index (χ4v) is 2.26. The number of carboxylic acids is 1. The van der Waals surface area contributed by atoms with Crippen molar-refractivity contribution < 1.29 is 14.7 Å². The van der Waals surface area contributed by atoms with E-state index in [1.165, 1.54) is 11.3 Å². The van der Waals surface area contributed by atoms with E-state index in [1.807, 2.05) is 0 Å². The van der Waals surface area contributed by atoms with Crippen LogP contribution in [0.2, 0.25) is 0 Å². The highest BCUT2D eigenvalue weighted by Gasteiger charge is 2.23. The summed E-state index contributed by atoms with van der Waals surface area (Å²) in [4.78, 5) is 27.6. The summed E-state index contributed by atoms with van der Waals surface area (Å²) in [5.41, 5.74) is 1.29. The average molecular weight is 307 g/mol. The Morgan fingerprint density at radius 3 is 2.62 bits per heavy atom. The third-order valence-electron chi connectivity index (χ3n) is 2.67. The first-order valence-corrected chi connectivity index (χ1v) is 6.87. The van der Waals surface area contributed by atoms with Gasteiger partial charge in [-0.25, -0.2) is 14.6 Å². The summed E-state index contributed by atoms with van der Waals surface area (Å²) < 4.78 is 0. The van der Waals surface area contributed by atoms with E-state index in [0.717, 1.165) is 0 Å². The molecule has 0 aliphatic heterocycles. The first-order valence-electron chi connectivity index (χ1n) is 5.99. The molecule has 1 unspecified atom stereocenters. The van der Waals surface area contributed by atoms with Crippen molar-refractivity contribution >= 4 is 29.3 Å². The number of anilines is 1. The van der Waals surface area contributed by atoms with Crippen LogP contribution in [0.1, 0.15) is 22.3 Å². The lowest BCUT2D eigenvalue weighted by Crippen LogP contribution is -2.36. The number of nitrogens with one attached hydrogen (secondary N) is 2. The maximum atomic E-state index is 11.8. The number of thiophene rings is 1. The summed E-state index contributed by atoms with van der Waals surface area (Å²) in [7, 11) is 0. The molecular weight excluding hydrogens is 294 g/mol. The molecule has 9 heteroatoms. The van der Waals surface area contributed by atoms with Crippen molar-refractivity contribution in [3.8, 4) is 0 Å². The van der Waals surface area contributed by atoms with Crippen LogP contribution >= 0.6 is 11.3 Å². The summed E-state index contributed by atoms with van der Waals surface area (Å²) in [5, 5.41) is 23.2. The molecule has 21 heavy (non-hydrogen) atoms. The summed E-state index contributed by atoms with van der Waals surface area (Å²) >= 11 is 1.25. The lowest BCUT2D eigenvalue weighted by atomic mass is 10.2. The third-order valence-corrected chi connectivity index (χ3v) is 3.60. The van der Waals surface area contributed by atoms with Gasteiger partial charge in [0.2, 0.25) is 0 Å². The molecule has 0 aliphatic carbocycles. The van der Waals surface area contributed by atoms with Gasteiger partial charge < -0.3 is 10.4 Å². The van der Waals surface area contributed by atoms with E-state index in [0.29, 0.717) is 16.3 Å². The molecule has 2 aromatic heterocycles. The Morgan fingerprint density at radius 2 is 2.05 bits per heavy atom. The molecule has 0 spiro atoms. The molecule has 2 aromatic rings. The van der Waals surface area contributed by atoms with E-state index in [9.17, 15) is 9.59 Å². The third kappa shape index (κ3) is 3.72. The molecule has 0 bridgehead atoms. The Hall–Kier alpha value is -2.55. The molecular formula is C12H13N5O3S. The van der Waals surface area contributed by atoms with Gasteiger partial charge in [-0.1, -0.05) is 6.07 Å². The first-order chi connectivity index (χ1) is 9.97. The van der Waals surface area contributed by atoms with Crippen molar-refractivity contribution in [1.29, 1.82) is 0 Å². The first kappa shape index (κ1) is 14.9. The molecule has 0 aromatic carbocycles. The van der Waals surface area contributed by atoms with Gasteiger partial charge in [-0.15, -0.1) is 16.4 Å². The quantitative estimate of drug-likeness (QED) is 0.788. The number of rotatable bonds is 4. The Balaban J connectivity index is 2.06. The highest BCUT2D eigenvalue weighted by molar-refractivity contribution is 7.10. The van der Waals surface area contributed by atoms with Crippen LogP contribution in [0, 0.1) is 13.8 Å². The molecule has 2 heterocycles. The highest BCUT2D eigenvalue weighted by Crippen LogP contribution is 2.19. The molecule has 0 saturated heterocycles. The molecule has 0 aliphatic rings. The van der Waals surface area contributed by atoms with Gasteiger partial charge >= 0.3 is 12.0 Å². The molecule has 3 N–H and O–H groups in total.